The highest BCUT2D eigenvalue weighted by molar-refractivity contribution is 5.19. The van der Waals surface area contributed by atoms with Crippen LogP contribution in [0.15, 0.2) is 40.3 Å². The van der Waals surface area contributed by atoms with Crippen LogP contribution in [0.5, 0.6) is 0 Å². The van der Waals surface area contributed by atoms with E-state index in [0.717, 1.165) is 10.9 Å². The SMILES string of the molecule is O=c1nc[nH]c(=O)n1-c1ccccn1. The zero-order valence-corrected chi connectivity index (χ0v) is 7.04. The fourth-order valence-electron chi connectivity index (χ4n) is 1.04. The molecule has 0 fully saturated rings. The van der Waals surface area contributed by atoms with Gasteiger partial charge >= 0.3 is 11.4 Å². The van der Waals surface area contributed by atoms with Gasteiger partial charge in [0.25, 0.3) is 0 Å². The van der Waals surface area contributed by atoms with Crippen LogP contribution in [0.4, 0.5) is 0 Å². The van der Waals surface area contributed by atoms with Crippen molar-refractivity contribution in [2.45, 2.75) is 0 Å². The van der Waals surface area contributed by atoms with E-state index in [-0.39, 0.29) is 5.82 Å². The number of nitrogens with one attached hydrogen (secondary N) is 1. The van der Waals surface area contributed by atoms with E-state index in [1.165, 1.54) is 6.20 Å². The Kier molecular flexibility index (Phi) is 1.94. The largest absolute Gasteiger partial charge is 0.358 e. The predicted octanol–water partition coefficient (Wildman–Crippen LogP) is -0.684. The van der Waals surface area contributed by atoms with Gasteiger partial charge in [0.05, 0.1) is 0 Å². The van der Waals surface area contributed by atoms with Crippen LogP contribution in [-0.2, 0) is 0 Å². The molecule has 0 aromatic carbocycles. The van der Waals surface area contributed by atoms with E-state index in [0.29, 0.717) is 0 Å². The molecule has 0 atom stereocenters. The summed E-state index contributed by atoms with van der Waals surface area (Å²) in [6, 6.07) is 4.93. The number of hydrogen-bond acceptors (Lipinski definition) is 4. The number of pyridine rings is 1. The fourth-order valence-corrected chi connectivity index (χ4v) is 1.04. The van der Waals surface area contributed by atoms with Gasteiger partial charge in [0.1, 0.15) is 12.1 Å². The lowest BCUT2D eigenvalue weighted by atomic mass is 10.5. The van der Waals surface area contributed by atoms with E-state index in [1.807, 2.05) is 0 Å². The Balaban J connectivity index is 2.76. The molecule has 6 nitrogen and oxygen atoms in total. The average Bonchev–Trinajstić information content (AvgIpc) is 2.19. The molecule has 0 aliphatic rings. The highest BCUT2D eigenvalue weighted by Gasteiger charge is 2.03. The summed E-state index contributed by atoms with van der Waals surface area (Å²) >= 11 is 0. The quantitative estimate of drug-likeness (QED) is 0.645. The minimum atomic E-state index is -0.646. The number of aromatic nitrogens is 4. The first kappa shape index (κ1) is 8.36. The Labute approximate surface area is 77.9 Å². The van der Waals surface area contributed by atoms with Crippen molar-refractivity contribution in [3.8, 4) is 5.82 Å². The summed E-state index contributed by atoms with van der Waals surface area (Å²) in [5.41, 5.74) is -1.20. The number of hydrogen-bond donors (Lipinski definition) is 1. The van der Waals surface area contributed by atoms with Gasteiger partial charge in [-0.05, 0) is 12.1 Å². The van der Waals surface area contributed by atoms with Crippen molar-refractivity contribution in [2.24, 2.45) is 0 Å². The Bertz CT molecular complexity index is 515. The first-order valence-electron chi connectivity index (χ1n) is 3.87. The molecule has 70 valence electrons. The molecule has 0 unspecified atom stereocenters. The van der Waals surface area contributed by atoms with Crippen LogP contribution in [-0.4, -0.2) is 19.5 Å². The van der Waals surface area contributed by atoms with Crippen LogP contribution in [0.3, 0.4) is 0 Å². The molecular formula is C8H6N4O2. The molecular weight excluding hydrogens is 184 g/mol. The van der Waals surface area contributed by atoms with Crippen molar-refractivity contribution < 1.29 is 0 Å². The zero-order chi connectivity index (χ0) is 9.97. The van der Waals surface area contributed by atoms with Crippen molar-refractivity contribution in [3.05, 3.63) is 51.7 Å². The van der Waals surface area contributed by atoms with Crippen molar-refractivity contribution in [1.29, 1.82) is 0 Å². The van der Waals surface area contributed by atoms with Gasteiger partial charge < -0.3 is 0 Å². The van der Waals surface area contributed by atoms with E-state index in [2.05, 4.69) is 15.0 Å². The summed E-state index contributed by atoms with van der Waals surface area (Å²) in [4.78, 5) is 32.1. The Morgan fingerprint density at radius 3 is 2.71 bits per heavy atom. The molecule has 0 aliphatic heterocycles. The zero-order valence-electron chi connectivity index (χ0n) is 7.04. The maximum Gasteiger partial charge on any atom is 0.358 e. The average molecular weight is 190 g/mol. The number of nitrogens with zero attached hydrogens (tertiary/aromatic N) is 3. The third kappa shape index (κ3) is 1.33. The molecule has 14 heavy (non-hydrogen) atoms. The van der Waals surface area contributed by atoms with Gasteiger partial charge in [0.15, 0.2) is 0 Å². The molecule has 1 N–H and O–H groups in total. The second kappa shape index (κ2) is 3.25. The molecule has 6 heteroatoms. The molecule has 0 saturated carbocycles. The van der Waals surface area contributed by atoms with Gasteiger partial charge in [-0.15, -0.1) is 0 Å². The highest BCUT2D eigenvalue weighted by atomic mass is 16.2. The summed E-state index contributed by atoms with van der Waals surface area (Å²) in [6.07, 6.45) is 2.55. The first-order valence-corrected chi connectivity index (χ1v) is 3.87. The third-order valence-electron chi connectivity index (χ3n) is 1.64. The Morgan fingerprint density at radius 2 is 2.07 bits per heavy atom. The second-order valence-corrected chi connectivity index (χ2v) is 2.51. The third-order valence-corrected chi connectivity index (χ3v) is 1.64. The van der Waals surface area contributed by atoms with E-state index >= 15 is 0 Å². The maximum atomic E-state index is 11.3. The molecule has 0 saturated heterocycles. The topological polar surface area (TPSA) is 80.6 Å². The lowest BCUT2D eigenvalue weighted by molar-refractivity contribution is 0.790. The van der Waals surface area contributed by atoms with Crippen molar-refractivity contribution >= 4 is 0 Å². The summed E-state index contributed by atoms with van der Waals surface area (Å²) in [7, 11) is 0. The maximum absolute atomic E-state index is 11.3. The Morgan fingerprint density at radius 1 is 1.21 bits per heavy atom. The summed E-state index contributed by atoms with van der Waals surface area (Å²) in [5, 5.41) is 0. The molecule has 2 aromatic heterocycles. The summed E-state index contributed by atoms with van der Waals surface area (Å²) in [6.45, 7) is 0. The smallest absolute Gasteiger partial charge is 0.297 e. The summed E-state index contributed by atoms with van der Waals surface area (Å²) < 4.78 is 0.861. The molecule has 2 rings (SSSR count). The molecule has 0 radical (unpaired) electrons. The van der Waals surface area contributed by atoms with Crippen LogP contribution < -0.4 is 11.4 Å². The molecule has 0 spiro atoms. The van der Waals surface area contributed by atoms with Crippen LogP contribution in [0.2, 0.25) is 0 Å². The monoisotopic (exact) mass is 190 g/mol. The van der Waals surface area contributed by atoms with Crippen LogP contribution >= 0.6 is 0 Å². The predicted molar refractivity (Wildman–Crippen MR) is 48.2 cm³/mol. The molecule has 2 heterocycles. The molecule has 0 amide bonds. The van der Waals surface area contributed by atoms with Gasteiger partial charge in [0.2, 0.25) is 0 Å². The van der Waals surface area contributed by atoms with Gasteiger partial charge in [-0.1, -0.05) is 6.07 Å². The minimum absolute atomic E-state index is 0.256. The first-order chi connectivity index (χ1) is 6.79. The van der Waals surface area contributed by atoms with E-state index in [9.17, 15) is 9.59 Å². The summed E-state index contributed by atoms with van der Waals surface area (Å²) in [5.74, 6) is 0.256. The van der Waals surface area contributed by atoms with E-state index in [1.54, 1.807) is 18.2 Å². The van der Waals surface area contributed by atoms with Crippen LogP contribution in [0, 0.1) is 0 Å². The number of rotatable bonds is 1. The van der Waals surface area contributed by atoms with Crippen LogP contribution in [0.25, 0.3) is 5.82 Å². The van der Waals surface area contributed by atoms with Crippen molar-refractivity contribution in [3.63, 3.8) is 0 Å². The van der Waals surface area contributed by atoms with Crippen LogP contribution in [0.1, 0.15) is 0 Å². The molecule has 2 aromatic rings. The van der Waals surface area contributed by atoms with Gasteiger partial charge in [-0.25, -0.2) is 14.6 Å². The normalized spacial score (nSPS) is 10.0. The van der Waals surface area contributed by atoms with Crippen molar-refractivity contribution in [2.75, 3.05) is 0 Å². The standard InChI is InChI=1S/C8H6N4O2/c13-7-10-5-11-8(14)12(7)6-3-1-2-4-9-6/h1-5H,(H,10,11,13,14). The van der Waals surface area contributed by atoms with E-state index in [4.69, 9.17) is 0 Å². The van der Waals surface area contributed by atoms with Gasteiger partial charge in [0, 0.05) is 6.20 Å². The lowest BCUT2D eigenvalue weighted by Gasteiger charge is -1.99. The minimum Gasteiger partial charge on any atom is -0.297 e. The highest BCUT2D eigenvalue weighted by Crippen LogP contribution is 1.93. The Hall–Kier alpha value is -2.24. The molecule has 0 aliphatic carbocycles. The fraction of sp³-hybridized carbons (Fsp3) is 0. The number of H-pyrrole nitrogens is 1. The van der Waals surface area contributed by atoms with E-state index < -0.39 is 11.4 Å². The van der Waals surface area contributed by atoms with Gasteiger partial charge in [-0.3, -0.25) is 4.98 Å². The lowest BCUT2D eigenvalue weighted by Crippen LogP contribution is -2.35. The van der Waals surface area contributed by atoms with Gasteiger partial charge in [-0.2, -0.15) is 9.55 Å². The molecule has 0 bridgehead atoms. The van der Waals surface area contributed by atoms with Crippen molar-refractivity contribution in [1.82, 2.24) is 19.5 Å². The second-order valence-electron chi connectivity index (χ2n) is 2.51. The number of aromatic amines is 1.